The van der Waals surface area contributed by atoms with E-state index in [9.17, 15) is 14.4 Å². The third-order valence-electron chi connectivity index (χ3n) is 4.71. The van der Waals surface area contributed by atoms with Crippen molar-refractivity contribution in [2.45, 2.75) is 19.4 Å². The number of likely N-dealkylation sites (tertiary alicyclic amines) is 1. The van der Waals surface area contributed by atoms with Gasteiger partial charge in [-0.25, -0.2) is 0 Å². The van der Waals surface area contributed by atoms with Gasteiger partial charge in [0.1, 0.15) is 6.54 Å². The Labute approximate surface area is 154 Å². The van der Waals surface area contributed by atoms with E-state index in [1.165, 1.54) is 4.90 Å². The summed E-state index contributed by atoms with van der Waals surface area (Å²) in [6.45, 7) is 2.83. The maximum absolute atomic E-state index is 12.8. The van der Waals surface area contributed by atoms with Crippen LogP contribution >= 0.6 is 0 Å². The summed E-state index contributed by atoms with van der Waals surface area (Å²) in [5.74, 6) is -1.86. The number of amides is 2. The van der Waals surface area contributed by atoms with Gasteiger partial charge in [0.15, 0.2) is 0 Å². The first kappa shape index (κ1) is 19.9. The Morgan fingerprint density at radius 3 is 2.46 bits per heavy atom. The van der Waals surface area contributed by atoms with Crippen LogP contribution < -0.4 is 0 Å². The van der Waals surface area contributed by atoms with E-state index in [0.29, 0.717) is 19.6 Å². The van der Waals surface area contributed by atoms with Crippen molar-refractivity contribution in [3.63, 3.8) is 0 Å². The highest BCUT2D eigenvalue weighted by atomic mass is 16.4. The molecule has 0 bridgehead atoms. The lowest BCUT2D eigenvalue weighted by molar-refractivity contribution is -0.146. The molecular formula is C19H27N3O4. The van der Waals surface area contributed by atoms with Crippen LogP contribution in [0.3, 0.4) is 0 Å². The summed E-state index contributed by atoms with van der Waals surface area (Å²) in [5.41, 5.74) is 1.02. The number of hydrogen-bond donors (Lipinski definition) is 1. The number of hydrogen-bond acceptors (Lipinski definition) is 4. The zero-order chi connectivity index (χ0) is 19.3. The van der Waals surface area contributed by atoms with Gasteiger partial charge in [-0.3, -0.25) is 14.4 Å². The maximum atomic E-state index is 12.8. The molecule has 1 fully saturated rings. The van der Waals surface area contributed by atoms with Gasteiger partial charge in [0, 0.05) is 26.1 Å². The number of benzene rings is 1. The number of likely N-dealkylation sites (N-methyl/N-ethyl adjacent to an activating group) is 1. The Morgan fingerprint density at radius 2 is 1.88 bits per heavy atom. The van der Waals surface area contributed by atoms with Crippen molar-refractivity contribution >= 4 is 17.8 Å². The van der Waals surface area contributed by atoms with Crippen LogP contribution in [0.25, 0.3) is 0 Å². The van der Waals surface area contributed by atoms with Crippen molar-refractivity contribution in [2.75, 3.05) is 40.3 Å². The average Bonchev–Trinajstić information content (AvgIpc) is 2.99. The standard InChI is InChI=1S/C19H27N3O4/c1-14(15-7-5-4-6-8-15)22-12-16(11-17(22)23)19(26)21(13-18(24)25)10-9-20(2)3/h4-8,14,16H,9-13H2,1-3H3,(H,24,25). The monoisotopic (exact) mass is 361 g/mol. The molecule has 2 unspecified atom stereocenters. The largest absolute Gasteiger partial charge is 0.480 e. The topological polar surface area (TPSA) is 81.2 Å². The Morgan fingerprint density at radius 1 is 1.23 bits per heavy atom. The van der Waals surface area contributed by atoms with Crippen LogP contribution in [-0.4, -0.2) is 77.9 Å². The summed E-state index contributed by atoms with van der Waals surface area (Å²) in [6.07, 6.45) is 0.133. The van der Waals surface area contributed by atoms with Gasteiger partial charge >= 0.3 is 5.97 Å². The van der Waals surface area contributed by atoms with E-state index in [0.717, 1.165) is 5.56 Å². The number of carbonyl (C=O) groups excluding carboxylic acids is 2. The Balaban J connectivity index is 2.06. The van der Waals surface area contributed by atoms with Crippen molar-refractivity contribution in [2.24, 2.45) is 5.92 Å². The molecule has 7 nitrogen and oxygen atoms in total. The Kier molecular flexibility index (Phi) is 6.74. The fourth-order valence-electron chi connectivity index (χ4n) is 3.19. The van der Waals surface area contributed by atoms with Crippen LogP contribution in [0.4, 0.5) is 0 Å². The van der Waals surface area contributed by atoms with Gasteiger partial charge in [-0.15, -0.1) is 0 Å². The second-order valence-electron chi connectivity index (χ2n) is 6.99. The van der Waals surface area contributed by atoms with E-state index in [4.69, 9.17) is 5.11 Å². The van der Waals surface area contributed by atoms with Gasteiger partial charge < -0.3 is 19.8 Å². The third kappa shape index (κ3) is 5.05. The van der Waals surface area contributed by atoms with Crippen LogP contribution in [0.1, 0.15) is 24.9 Å². The number of rotatable bonds is 8. The first-order valence-electron chi connectivity index (χ1n) is 8.79. The molecule has 0 saturated carbocycles. The van der Waals surface area contributed by atoms with Crippen molar-refractivity contribution < 1.29 is 19.5 Å². The molecule has 1 aromatic rings. The lowest BCUT2D eigenvalue weighted by atomic mass is 10.1. The minimum absolute atomic E-state index is 0.0670. The third-order valence-corrected chi connectivity index (χ3v) is 4.71. The minimum Gasteiger partial charge on any atom is -0.480 e. The van der Waals surface area contributed by atoms with Crippen molar-refractivity contribution in [1.29, 1.82) is 0 Å². The van der Waals surface area contributed by atoms with Gasteiger partial charge in [-0.2, -0.15) is 0 Å². The van der Waals surface area contributed by atoms with E-state index in [-0.39, 0.29) is 30.8 Å². The fraction of sp³-hybridized carbons (Fsp3) is 0.526. The molecule has 142 valence electrons. The molecule has 1 aliphatic heterocycles. The van der Waals surface area contributed by atoms with Gasteiger partial charge in [0.05, 0.1) is 12.0 Å². The molecule has 1 aromatic carbocycles. The summed E-state index contributed by atoms with van der Waals surface area (Å²) < 4.78 is 0. The summed E-state index contributed by atoms with van der Waals surface area (Å²) >= 11 is 0. The fourth-order valence-corrected chi connectivity index (χ4v) is 3.19. The summed E-state index contributed by atoms with van der Waals surface area (Å²) in [5, 5.41) is 9.10. The van der Waals surface area contributed by atoms with Crippen molar-refractivity contribution in [3.8, 4) is 0 Å². The van der Waals surface area contributed by atoms with Crippen LogP contribution in [0.2, 0.25) is 0 Å². The van der Waals surface area contributed by atoms with Crippen LogP contribution in [-0.2, 0) is 14.4 Å². The van der Waals surface area contributed by atoms with E-state index in [1.807, 2.05) is 56.3 Å². The minimum atomic E-state index is -1.05. The first-order valence-corrected chi connectivity index (χ1v) is 8.79. The molecule has 0 aliphatic carbocycles. The SMILES string of the molecule is CC(c1ccccc1)N1CC(C(=O)N(CCN(C)C)CC(=O)O)CC1=O. The summed E-state index contributed by atoms with van der Waals surface area (Å²) in [7, 11) is 3.73. The van der Waals surface area contributed by atoms with E-state index < -0.39 is 11.9 Å². The molecule has 26 heavy (non-hydrogen) atoms. The Bertz CT molecular complexity index is 647. The van der Waals surface area contributed by atoms with Gasteiger partial charge in [-0.05, 0) is 26.6 Å². The molecule has 1 saturated heterocycles. The summed E-state index contributed by atoms with van der Waals surface area (Å²) in [4.78, 5) is 41.3. The molecular weight excluding hydrogens is 334 g/mol. The molecule has 0 spiro atoms. The number of carboxylic acids is 1. The highest BCUT2D eigenvalue weighted by Crippen LogP contribution is 2.29. The van der Waals surface area contributed by atoms with Crippen LogP contribution in [0, 0.1) is 5.92 Å². The Hall–Kier alpha value is -2.41. The molecule has 1 aliphatic rings. The molecule has 2 atom stereocenters. The van der Waals surface area contributed by atoms with Crippen molar-refractivity contribution in [1.82, 2.24) is 14.7 Å². The first-order chi connectivity index (χ1) is 12.3. The van der Waals surface area contributed by atoms with Crippen LogP contribution in [0.5, 0.6) is 0 Å². The zero-order valence-electron chi connectivity index (χ0n) is 15.6. The normalized spacial score (nSPS) is 18.2. The van der Waals surface area contributed by atoms with E-state index >= 15 is 0 Å². The average molecular weight is 361 g/mol. The number of nitrogens with zero attached hydrogens (tertiary/aromatic N) is 3. The molecule has 2 amide bonds. The highest BCUT2D eigenvalue weighted by Gasteiger charge is 2.39. The van der Waals surface area contributed by atoms with Crippen molar-refractivity contribution in [3.05, 3.63) is 35.9 Å². The number of carboxylic acid groups (broad SMARTS) is 1. The predicted molar refractivity (Wildman–Crippen MR) is 97.4 cm³/mol. The molecule has 0 aromatic heterocycles. The molecule has 7 heteroatoms. The van der Waals surface area contributed by atoms with Gasteiger partial charge in [-0.1, -0.05) is 30.3 Å². The predicted octanol–water partition coefficient (Wildman–Crippen LogP) is 1.07. The molecule has 2 rings (SSSR count). The second-order valence-corrected chi connectivity index (χ2v) is 6.99. The lowest BCUT2D eigenvalue weighted by Crippen LogP contribution is -2.43. The smallest absolute Gasteiger partial charge is 0.323 e. The van der Waals surface area contributed by atoms with Gasteiger partial charge in [0.25, 0.3) is 0 Å². The highest BCUT2D eigenvalue weighted by molar-refractivity contribution is 5.90. The van der Waals surface area contributed by atoms with Crippen LogP contribution in [0.15, 0.2) is 30.3 Å². The lowest BCUT2D eigenvalue weighted by Gasteiger charge is -2.27. The number of carbonyl (C=O) groups is 3. The second kappa shape index (κ2) is 8.80. The zero-order valence-corrected chi connectivity index (χ0v) is 15.6. The molecule has 1 N–H and O–H groups in total. The maximum Gasteiger partial charge on any atom is 0.323 e. The van der Waals surface area contributed by atoms with E-state index in [1.54, 1.807) is 4.90 Å². The molecule has 0 radical (unpaired) electrons. The summed E-state index contributed by atoms with van der Waals surface area (Å²) in [6, 6.07) is 9.57. The van der Waals surface area contributed by atoms with Gasteiger partial charge in [0.2, 0.25) is 11.8 Å². The number of aliphatic carboxylic acids is 1. The quantitative estimate of drug-likeness (QED) is 0.749. The van der Waals surface area contributed by atoms with E-state index in [2.05, 4.69) is 0 Å². The molecule has 1 heterocycles.